The van der Waals surface area contributed by atoms with E-state index in [1.807, 2.05) is 12.1 Å². The molecule has 0 amide bonds. The van der Waals surface area contributed by atoms with Crippen LogP contribution in [0.15, 0.2) is 66.7 Å². The van der Waals surface area contributed by atoms with Gasteiger partial charge in [0.25, 0.3) is 0 Å². The van der Waals surface area contributed by atoms with Crippen LogP contribution in [-0.2, 0) is 6.42 Å². The lowest BCUT2D eigenvalue weighted by molar-refractivity contribution is 0.627. The van der Waals surface area contributed by atoms with Crippen LogP contribution in [0.3, 0.4) is 0 Å². The van der Waals surface area contributed by atoms with Gasteiger partial charge in [0.1, 0.15) is 5.82 Å². The number of hydrogen-bond acceptors (Lipinski definition) is 0. The van der Waals surface area contributed by atoms with Gasteiger partial charge in [-0.2, -0.15) is 0 Å². The van der Waals surface area contributed by atoms with Gasteiger partial charge in [0.15, 0.2) is 0 Å². The molecule has 0 nitrogen and oxygen atoms in total. The summed E-state index contributed by atoms with van der Waals surface area (Å²) in [7, 11) is 0. The van der Waals surface area contributed by atoms with Crippen molar-refractivity contribution < 1.29 is 4.39 Å². The van der Waals surface area contributed by atoms with E-state index in [1.165, 1.54) is 22.9 Å². The molecule has 0 spiro atoms. The molecule has 1 unspecified atom stereocenters. The van der Waals surface area contributed by atoms with E-state index in [2.05, 4.69) is 30.3 Å². The van der Waals surface area contributed by atoms with Crippen LogP contribution < -0.4 is 0 Å². The van der Waals surface area contributed by atoms with Gasteiger partial charge in [-0.3, -0.25) is 0 Å². The fourth-order valence-electron chi connectivity index (χ4n) is 2.35. The van der Waals surface area contributed by atoms with Crippen LogP contribution in [0.4, 0.5) is 4.39 Å². The summed E-state index contributed by atoms with van der Waals surface area (Å²) in [6, 6.07) is 21.0. The summed E-state index contributed by atoms with van der Waals surface area (Å²) in [5, 5.41) is 2.29. The number of halogens is 2. The molecule has 2 heteroatoms. The normalized spacial score (nSPS) is 12.5. The maximum absolute atomic E-state index is 12.9. The summed E-state index contributed by atoms with van der Waals surface area (Å²) in [5.41, 5.74) is 2.13. The fourth-order valence-corrected chi connectivity index (χ4v) is 2.66. The van der Waals surface area contributed by atoms with Crippen molar-refractivity contribution in [3.05, 3.63) is 83.7 Å². The second kappa shape index (κ2) is 5.64. The molecule has 0 N–H and O–H groups in total. The number of alkyl halides is 1. The molecule has 0 bridgehead atoms. The van der Waals surface area contributed by atoms with Crippen molar-refractivity contribution in [2.24, 2.45) is 0 Å². The SMILES string of the molecule is Fc1ccc(CC(Cl)c2ccc3ccccc3c2)cc1. The highest BCUT2D eigenvalue weighted by Crippen LogP contribution is 2.28. The van der Waals surface area contributed by atoms with Crippen LogP contribution in [-0.4, -0.2) is 0 Å². The van der Waals surface area contributed by atoms with Gasteiger partial charge in [-0.15, -0.1) is 11.6 Å². The lowest BCUT2D eigenvalue weighted by Crippen LogP contribution is -1.96. The molecule has 0 fully saturated rings. The Morgan fingerprint density at radius 3 is 2.30 bits per heavy atom. The molecule has 0 aliphatic carbocycles. The van der Waals surface area contributed by atoms with Gasteiger partial charge in [-0.1, -0.05) is 48.5 Å². The molecular weight excluding hydrogens is 271 g/mol. The average Bonchev–Trinajstić information content (AvgIpc) is 2.49. The van der Waals surface area contributed by atoms with Crippen LogP contribution in [0.5, 0.6) is 0 Å². The highest BCUT2D eigenvalue weighted by molar-refractivity contribution is 6.21. The molecule has 0 heterocycles. The van der Waals surface area contributed by atoms with Gasteiger partial charge < -0.3 is 0 Å². The maximum atomic E-state index is 12.9. The first kappa shape index (κ1) is 13.1. The number of fused-ring (bicyclic) bond motifs is 1. The number of rotatable bonds is 3. The molecule has 3 aromatic carbocycles. The zero-order valence-electron chi connectivity index (χ0n) is 10.9. The zero-order valence-corrected chi connectivity index (χ0v) is 11.6. The van der Waals surface area contributed by atoms with Crippen molar-refractivity contribution in [2.45, 2.75) is 11.8 Å². The molecule has 0 aliphatic heterocycles. The van der Waals surface area contributed by atoms with Gasteiger partial charge in [0, 0.05) is 0 Å². The number of hydrogen-bond donors (Lipinski definition) is 0. The number of benzene rings is 3. The summed E-state index contributed by atoms with van der Waals surface area (Å²) >= 11 is 6.49. The summed E-state index contributed by atoms with van der Waals surface area (Å²) in [6.07, 6.45) is 0.695. The van der Waals surface area contributed by atoms with Gasteiger partial charge in [0.05, 0.1) is 5.38 Å². The smallest absolute Gasteiger partial charge is 0.123 e. The van der Waals surface area contributed by atoms with Crippen molar-refractivity contribution in [3.63, 3.8) is 0 Å². The maximum Gasteiger partial charge on any atom is 0.123 e. The van der Waals surface area contributed by atoms with E-state index in [4.69, 9.17) is 11.6 Å². The first-order chi connectivity index (χ1) is 9.72. The molecule has 100 valence electrons. The van der Waals surface area contributed by atoms with Crippen LogP contribution >= 0.6 is 11.6 Å². The van der Waals surface area contributed by atoms with E-state index in [-0.39, 0.29) is 11.2 Å². The quantitative estimate of drug-likeness (QED) is 0.557. The highest BCUT2D eigenvalue weighted by atomic mass is 35.5. The Labute approximate surface area is 122 Å². The first-order valence-electron chi connectivity index (χ1n) is 6.59. The Balaban J connectivity index is 1.84. The van der Waals surface area contributed by atoms with E-state index < -0.39 is 0 Å². The molecule has 0 aromatic heterocycles. The molecule has 1 atom stereocenters. The molecule has 0 radical (unpaired) electrons. The second-order valence-corrected chi connectivity index (χ2v) is 5.43. The van der Waals surface area contributed by atoms with Crippen molar-refractivity contribution in [2.75, 3.05) is 0 Å². The highest BCUT2D eigenvalue weighted by Gasteiger charge is 2.09. The summed E-state index contributed by atoms with van der Waals surface area (Å²) < 4.78 is 12.9. The molecule has 20 heavy (non-hydrogen) atoms. The van der Waals surface area contributed by atoms with Crippen LogP contribution in [0, 0.1) is 5.82 Å². The van der Waals surface area contributed by atoms with Crippen molar-refractivity contribution >= 4 is 22.4 Å². The minimum Gasteiger partial charge on any atom is -0.207 e. The summed E-state index contributed by atoms with van der Waals surface area (Å²) in [6.45, 7) is 0. The fraction of sp³-hybridized carbons (Fsp3) is 0.111. The third kappa shape index (κ3) is 2.83. The molecule has 0 saturated carbocycles. The lowest BCUT2D eigenvalue weighted by atomic mass is 10.0. The Morgan fingerprint density at radius 1 is 0.850 bits per heavy atom. The minimum absolute atomic E-state index is 0.106. The van der Waals surface area contributed by atoms with E-state index in [0.29, 0.717) is 6.42 Å². The third-order valence-electron chi connectivity index (χ3n) is 3.46. The minimum atomic E-state index is -0.217. The molecule has 0 aliphatic rings. The summed E-state index contributed by atoms with van der Waals surface area (Å²) in [4.78, 5) is 0. The Hall–Kier alpha value is -1.86. The topological polar surface area (TPSA) is 0 Å². The average molecular weight is 285 g/mol. The van der Waals surface area contributed by atoms with Crippen molar-refractivity contribution in [1.82, 2.24) is 0 Å². The van der Waals surface area contributed by atoms with E-state index in [0.717, 1.165) is 11.1 Å². The van der Waals surface area contributed by atoms with Gasteiger partial charge >= 0.3 is 0 Å². The van der Waals surface area contributed by atoms with Crippen LogP contribution in [0.1, 0.15) is 16.5 Å². The first-order valence-corrected chi connectivity index (χ1v) is 7.03. The monoisotopic (exact) mass is 284 g/mol. The van der Waals surface area contributed by atoms with Crippen LogP contribution in [0.2, 0.25) is 0 Å². The Kier molecular flexibility index (Phi) is 3.70. The molecule has 3 aromatic rings. The molecular formula is C18H14ClF. The third-order valence-corrected chi connectivity index (χ3v) is 3.87. The molecule has 3 rings (SSSR count). The van der Waals surface area contributed by atoms with Gasteiger partial charge in [-0.25, -0.2) is 4.39 Å². The largest absolute Gasteiger partial charge is 0.207 e. The van der Waals surface area contributed by atoms with Crippen LogP contribution in [0.25, 0.3) is 10.8 Å². The van der Waals surface area contributed by atoms with E-state index in [9.17, 15) is 4.39 Å². The molecule has 0 saturated heterocycles. The zero-order chi connectivity index (χ0) is 13.9. The van der Waals surface area contributed by atoms with Gasteiger partial charge in [0.2, 0.25) is 0 Å². The summed E-state index contributed by atoms with van der Waals surface area (Å²) in [5.74, 6) is -0.217. The predicted molar refractivity (Wildman–Crippen MR) is 82.6 cm³/mol. The second-order valence-electron chi connectivity index (χ2n) is 4.90. The Morgan fingerprint density at radius 2 is 1.55 bits per heavy atom. The van der Waals surface area contributed by atoms with Crippen molar-refractivity contribution in [3.8, 4) is 0 Å². The van der Waals surface area contributed by atoms with Gasteiger partial charge in [-0.05, 0) is 46.5 Å². The lowest BCUT2D eigenvalue weighted by Gasteiger charge is -2.11. The standard InChI is InChI=1S/C18H14ClF/c19-18(11-13-5-9-17(20)10-6-13)16-8-7-14-3-1-2-4-15(14)12-16/h1-10,12,18H,11H2. The van der Waals surface area contributed by atoms with E-state index >= 15 is 0 Å². The van der Waals surface area contributed by atoms with E-state index in [1.54, 1.807) is 12.1 Å². The Bertz CT molecular complexity index is 719. The predicted octanol–water partition coefficient (Wildman–Crippen LogP) is 5.50. The van der Waals surface area contributed by atoms with Crippen molar-refractivity contribution in [1.29, 1.82) is 0 Å².